The molecule has 1 saturated heterocycles. The Morgan fingerprint density at radius 3 is 2.69 bits per heavy atom. The second-order valence-electron chi connectivity index (χ2n) is 7.30. The Labute approximate surface area is 176 Å². The van der Waals surface area contributed by atoms with Crippen LogP contribution in [0.15, 0.2) is 11.2 Å². The van der Waals surface area contributed by atoms with Crippen molar-refractivity contribution < 1.29 is 14.3 Å². The molecule has 0 unspecified atom stereocenters. The van der Waals surface area contributed by atoms with E-state index >= 15 is 0 Å². The number of nitrogens with zero attached hydrogens (tertiary/aromatic N) is 5. The fourth-order valence-corrected chi connectivity index (χ4v) is 4.80. The normalized spacial score (nSPS) is 15.7. The first-order valence-corrected chi connectivity index (χ1v) is 11.1. The summed E-state index contributed by atoms with van der Waals surface area (Å²) in [7, 11) is 1.70. The standard InChI is InChI=1S/C20H31N5O3S/c1-6-24-19(23-7-9-28-10-8-23)21-22-20(24)29-13-18(26)17-11-14(2)25(16(17)4)15(3)12-27-5/h11,15H,6-10,12-13H2,1-5H3/t15-/m1/s1. The summed E-state index contributed by atoms with van der Waals surface area (Å²) in [6.45, 7) is 12.6. The Hall–Kier alpha value is -1.84. The maximum atomic E-state index is 12.9. The van der Waals surface area contributed by atoms with Crippen LogP contribution in [-0.2, 0) is 16.0 Å². The Morgan fingerprint density at radius 1 is 1.31 bits per heavy atom. The van der Waals surface area contributed by atoms with Crippen LogP contribution in [0.25, 0.3) is 0 Å². The Morgan fingerprint density at radius 2 is 2.03 bits per heavy atom. The van der Waals surface area contributed by atoms with Gasteiger partial charge in [0.15, 0.2) is 10.9 Å². The van der Waals surface area contributed by atoms with Crippen molar-refractivity contribution in [2.24, 2.45) is 0 Å². The van der Waals surface area contributed by atoms with E-state index < -0.39 is 0 Å². The largest absolute Gasteiger partial charge is 0.383 e. The highest BCUT2D eigenvalue weighted by atomic mass is 32.2. The highest BCUT2D eigenvalue weighted by Crippen LogP contribution is 2.26. The molecule has 1 fully saturated rings. The van der Waals surface area contributed by atoms with Crippen molar-refractivity contribution in [1.82, 2.24) is 19.3 Å². The van der Waals surface area contributed by atoms with Gasteiger partial charge in [0.2, 0.25) is 5.95 Å². The zero-order valence-electron chi connectivity index (χ0n) is 18.0. The molecule has 1 aliphatic rings. The second kappa shape index (κ2) is 9.77. The van der Waals surface area contributed by atoms with Gasteiger partial charge in [-0.15, -0.1) is 10.2 Å². The van der Waals surface area contributed by atoms with Crippen LogP contribution < -0.4 is 4.90 Å². The number of thioether (sulfide) groups is 1. The molecule has 29 heavy (non-hydrogen) atoms. The molecule has 1 atom stereocenters. The van der Waals surface area contributed by atoms with Crippen molar-refractivity contribution in [3.8, 4) is 0 Å². The molecule has 0 spiro atoms. The molecule has 0 N–H and O–H groups in total. The predicted octanol–water partition coefficient (Wildman–Crippen LogP) is 2.74. The van der Waals surface area contributed by atoms with Crippen LogP contribution in [0.4, 0.5) is 5.95 Å². The van der Waals surface area contributed by atoms with Gasteiger partial charge in [-0.25, -0.2) is 0 Å². The molecule has 3 rings (SSSR count). The van der Waals surface area contributed by atoms with Crippen LogP contribution in [0.2, 0.25) is 0 Å². The van der Waals surface area contributed by atoms with Crippen LogP contribution in [0.5, 0.6) is 0 Å². The fraction of sp³-hybridized carbons (Fsp3) is 0.650. The van der Waals surface area contributed by atoms with Crippen LogP contribution in [-0.4, -0.2) is 70.9 Å². The number of carbonyl (C=O) groups excluding carboxylic acids is 1. The van der Waals surface area contributed by atoms with Gasteiger partial charge in [0.05, 0.1) is 31.6 Å². The molecule has 2 aromatic rings. The van der Waals surface area contributed by atoms with E-state index in [1.807, 2.05) is 19.9 Å². The number of anilines is 1. The van der Waals surface area contributed by atoms with Crippen LogP contribution >= 0.6 is 11.8 Å². The van der Waals surface area contributed by atoms with Gasteiger partial charge in [0.1, 0.15) is 0 Å². The number of ketones is 1. The number of Topliss-reactive ketones (excluding diaryl/α,β-unsaturated/α-hetero) is 1. The highest BCUT2D eigenvalue weighted by molar-refractivity contribution is 7.99. The number of morpholine rings is 1. The zero-order chi connectivity index (χ0) is 21.0. The smallest absolute Gasteiger partial charge is 0.228 e. The second-order valence-corrected chi connectivity index (χ2v) is 8.24. The van der Waals surface area contributed by atoms with E-state index in [9.17, 15) is 4.79 Å². The molecule has 0 radical (unpaired) electrons. The Balaban J connectivity index is 1.71. The van der Waals surface area contributed by atoms with Crippen LogP contribution in [0.3, 0.4) is 0 Å². The lowest BCUT2D eigenvalue weighted by Crippen LogP contribution is -2.38. The summed E-state index contributed by atoms with van der Waals surface area (Å²) in [4.78, 5) is 15.1. The molecule has 2 aromatic heterocycles. The van der Waals surface area contributed by atoms with E-state index in [-0.39, 0.29) is 11.8 Å². The molecule has 0 saturated carbocycles. The van der Waals surface area contributed by atoms with Crippen molar-refractivity contribution in [1.29, 1.82) is 0 Å². The number of aromatic nitrogens is 4. The van der Waals surface area contributed by atoms with E-state index in [2.05, 4.69) is 38.1 Å². The molecule has 3 heterocycles. The number of hydrogen-bond donors (Lipinski definition) is 0. The van der Waals surface area contributed by atoms with Crippen molar-refractivity contribution in [2.45, 2.75) is 45.4 Å². The molecule has 0 bridgehead atoms. The first-order chi connectivity index (χ1) is 14.0. The minimum Gasteiger partial charge on any atom is -0.383 e. The average molecular weight is 422 g/mol. The molecule has 8 nitrogen and oxygen atoms in total. The van der Waals surface area contributed by atoms with Gasteiger partial charge in [0, 0.05) is 43.7 Å². The SMILES string of the molecule is CCn1c(SCC(=O)c2cc(C)n([C@H](C)COC)c2C)nnc1N1CCOCC1. The number of hydrogen-bond acceptors (Lipinski definition) is 7. The molecular weight excluding hydrogens is 390 g/mol. The summed E-state index contributed by atoms with van der Waals surface area (Å²) in [5, 5.41) is 9.50. The van der Waals surface area contributed by atoms with Crippen LogP contribution in [0, 0.1) is 13.8 Å². The topological polar surface area (TPSA) is 74.4 Å². The van der Waals surface area contributed by atoms with Crippen molar-refractivity contribution >= 4 is 23.5 Å². The van der Waals surface area contributed by atoms with E-state index in [1.54, 1.807) is 7.11 Å². The lowest BCUT2D eigenvalue weighted by Gasteiger charge is -2.27. The molecule has 9 heteroatoms. The average Bonchev–Trinajstić information content (AvgIpc) is 3.27. The molecule has 0 aromatic carbocycles. The third-order valence-electron chi connectivity index (χ3n) is 5.27. The number of methoxy groups -OCH3 is 1. The maximum absolute atomic E-state index is 12.9. The summed E-state index contributed by atoms with van der Waals surface area (Å²) >= 11 is 1.45. The van der Waals surface area contributed by atoms with Crippen molar-refractivity contribution in [2.75, 3.05) is 50.7 Å². The first-order valence-electron chi connectivity index (χ1n) is 10.1. The summed E-state index contributed by atoms with van der Waals surface area (Å²) in [5.74, 6) is 1.30. The van der Waals surface area contributed by atoms with E-state index in [4.69, 9.17) is 9.47 Å². The molecule has 0 aliphatic carbocycles. The molecule has 1 aliphatic heterocycles. The van der Waals surface area contributed by atoms with Crippen LogP contribution in [0.1, 0.15) is 41.6 Å². The van der Waals surface area contributed by atoms with Gasteiger partial charge in [0.25, 0.3) is 0 Å². The van der Waals surface area contributed by atoms with Gasteiger partial charge >= 0.3 is 0 Å². The van der Waals surface area contributed by atoms with Gasteiger partial charge in [-0.2, -0.15) is 0 Å². The lowest BCUT2D eigenvalue weighted by molar-refractivity contribution is 0.102. The summed E-state index contributed by atoms with van der Waals surface area (Å²) in [6, 6.07) is 2.17. The first kappa shape index (κ1) is 21.9. The van der Waals surface area contributed by atoms with Gasteiger partial charge in [-0.05, 0) is 33.8 Å². The molecular formula is C20H31N5O3S. The van der Waals surface area contributed by atoms with Gasteiger partial charge < -0.3 is 18.9 Å². The third kappa shape index (κ3) is 4.67. The number of aryl methyl sites for hydroxylation is 1. The summed E-state index contributed by atoms with van der Waals surface area (Å²) in [5.41, 5.74) is 2.84. The maximum Gasteiger partial charge on any atom is 0.228 e. The van der Waals surface area contributed by atoms with Gasteiger partial charge in [-0.3, -0.25) is 9.36 Å². The Kier molecular flexibility index (Phi) is 7.37. The summed E-state index contributed by atoms with van der Waals surface area (Å²) in [6.07, 6.45) is 0. The lowest BCUT2D eigenvalue weighted by atomic mass is 10.2. The number of ether oxygens (including phenoxy) is 2. The quantitative estimate of drug-likeness (QED) is 0.455. The highest BCUT2D eigenvalue weighted by Gasteiger charge is 2.22. The third-order valence-corrected chi connectivity index (χ3v) is 6.24. The minimum absolute atomic E-state index is 0.109. The number of rotatable bonds is 9. The fourth-order valence-electron chi connectivity index (χ4n) is 3.92. The van der Waals surface area contributed by atoms with Gasteiger partial charge in [-0.1, -0.05) is 11.8 Å². The van der Waals surface area contributed by atoms with E-state index in [1.165, 1.54) is 11.8 Å². The van der Waals surface area contributed by atoms with E-state index in [0.29, 0.717) is 25.6 Å². The van der Waals surface area contributed by atoms with E-state index in [0.717, 1.165) is 47.7 Å². The monoisotopic (exact) mass is 421 g/mol. The Bertz CT molecular complexity index is 842. The van der Waals surface area contributed by atoms with Crippen molar-refractivity contribution in [3.63, 3.8) is 0 Å². The number of carbonyl (C=O) groups is 1. The van der Waals surface area contributed by atoms with Crippen molar-refractivity contribution in [3.05, 3.63) is 23.0 Å². The molecule has 0 amide bonds. The molecule has 160 valence electrons. The predicted molar refractivity (Wildman–Crippen MR) is 114 cm³/mol. The zero-order valence-corrected chi connectivity index (χ0v) is 18.8. The summed E-state index contributed by atoms with van der Waals surface area (Å²) < 4.78 is 15.0. The minimum atomic E-state index is 0.109.